The van der Waals surface area contributed by atoms with Gasteiger partial charge >= 0.3 is 0 Å². The zero-order valence-electron chi connectivity index (χ0n) is 17.0. The molecule has 0 aliphatic heterocycles. The van der Waals surface area contributed by atoms with Crippen LogP contribution in [0.15, 0.2) is 41.8 Å². The van der Waals surface area contributed by atoms with Crippen LogP contribution in [0.1, 0.15) is 66.2 Å². The Morgan fingerprint density at radius 2 is 1.86 bits per heavy atom. The van der Waals surface area contributed by atoms with Gasteiger partial charge in [-0.1, -0.05) is 30.4 Å². The molecule has 1 amide bonds. The smallest absolute Gasteiger partial charge is 0.261 e. The monoisotopic (exact) mass is 407 g/mol. The number of ether oxygens (including phenoxy) is 1. The molecule has 4 bridgehead atoms. The fourth-order valence-corrected chi connectivity index (χ4v) is 7.02. The van der Waals surface area contributed by atoms with Crippen molar-refractivity contribution in [3.8, 4) is 5.75 Å². The molecule has 0 atom stereocenters. The molecule has 2 aromatic rings. The number of benzene rings is 1. The SMILES string of the molecule is C/C=C/c1ccccc1OCc1csc(C(=O)NC23CC4CC(CC(C4)C2)C3)c1. The Labute approximate surface area is 177 Å². The first-order valence-corrected chi connectivity index (χ1v) is 11.7. The lowest BCUT2D eigenvalue weighted by molar-refractivity contribution is -0.0166. The van der Waals surface area contributed by atoms with Crippen LogP contribution in [-0.4, -0.2) is 11.4 Å². The zero-order valence-corrected chi connectivity index (χ0v) is 17.8. The number of rotatable bonds is 6. The molecule has 4 fully saturated rings. The van der Waals surface area contributed by atoms with E-state index in [4.69, 9.17) is 4.74 Å². The lowest BCUT2D eigenvalue weighted by Gasteiger charge is -2.56. The number of allylic oxidation sites excluding steroid dienone is 1. The normalized spacial score (nSPS) is 30.0. The van der Waals surface area contributed by atoms with Gasteiger partial charge < -0.3 is 10.1 Å². The summed E-state index contributed by atoms with van der Waals surface area (Å²) >= 11 is 1.53. The summed E-state index contributed by atoms with van der Waals surface area (Å²) in [6.07, 6.45) is 11.8. The number of nitrogens with one attached hydrogen (secondary N) is 1. The fraction of sp³-hybridized carbons (Fsp3) is 0.480. The third-order valence-corrected chi connectivity index (χ3v) is 7.93. The van der Waals surface area contributed by atoms with E-state index in [0.29, 0.717) is 6.61 Å². The second-order valence-corrected chi connectivity index (χ2v) is 10.2. The average Bonchev–Trinajstić information content (AvgIpc) is 3.15. The number of para-hydroxylation sites is 1. The largest absolute Gasteiger partial charge is 0.488 e. The Morgan fingerprint density at radius 1 is 1.17 bits per heavy atom. The van der Waals surface area contributed by atoms with Crippen molar-refractivity contribution in [1.82, 2.24) is 5.32 Å². The first-order valence-electron chi connectivity index (χ1n) is 10.9. The Balaban J connectivity index is 1.23. The minimum Gasteiger partial charge on any atom is -0.488 e. The van der Waals surface area contributed by atoms with Crippen molar-refractivity contribution in [2.24, 2.45) is 17.8 Å². The molecular weight excluding hydrogens is 378 g/mol. The van der Waals surface area contributed by atoms with Gasteiger partial charge in [0.1, 0.15) is 12.4 Å². The molecule has 1 aromatic carbocycles. The topological polar surface area (TPSA) is 38.3 Å². The van der Waals surface area contributed by atoms with Crippen LogP contribution < -0.4 is 10.1 Å². The Morgan fingerprint density at radius 3 is 2.55 bits per heavy atom. The van der Waals surface area contributed by atoms with Gasteiger partial charge in [-0.15, -0.1) is 11.3 Å². The van der Waals surface area contributed by atoms with E-state index < -0.39 is 0 Å². The molecule has 152 valence electrons. The first kappa shape index (κ1) is 18.9. The molecule has 1 aromatic heterocycles. The Kier molecular flexibility index (Phi) is 4.99. The minimum atomic E-state index is 0.0674. The average molecular weight is 408 g/mol. The predicted octanol–water partition coefficient (Wildman–Crippen LogP) is 6.06. The molecule has 1 heterocycles. The number of carbonyl (C=O) groups excluding carboxylic acids is 1. The molecule has 0 unspecified atom stereocenters. The van der Waals surface area contributed by atoms with Crippen molar-refractivity contribution in [3.05, 3.63) is 57.8 Å². The van der Waals surface area contributed by atoms with Gasteiger partial charge in [0, 0.05) is 16.7 Å². The van der Waals surface area contributed by atoms with E-state index in [0.717, 1.165) is 39.5 Å². The highest BCUT2D eigenvalue weighted by atomic mass is 32.1. The Bertz CT molecular complexity index is 893. The van der Waals surface area contributed by atoms with E-state index >= 15 is 0 Å². The maximum atomic E-state index is 13.0. The molecule has 4 aliphatic carbocycles. The van der Waals surface area contributed by atoms with E-state index in [1.165, 1.54) is 49.9 Å². The van der Waals surface area contributed by atoms with E-state index in [2.05, 4.69) is 5.32 Å². The van der Waals surface area contributed by atoms with Gasteiger partial charge in [-0.25, -0.2) is 0 Å². The highest BCUT2D eigenvalue weighted by Crippen LogP contribution is 2.55. The van der Waals surface area contributed by atoms with E-state index in [1.54, 1.807) is 0 Å². The van der Waals surface area contributed by atoms with Crippen LogP contribution in [0.4, 0.5) is 0 Å². The summed E-state index contributed by atoms with van der Waals surface area (Å²) in [4.78, 5) is 13.8. The summed E-state index contributed by atoms with van der Waals surface area (Å²) in [6, 6.07) is 10.0. The maximum absolute atomic E-state index is 13.0. The highest BCUT2D eigenvalue weighted by Gasteiger charge is 2.51. The van der Waals surface area contributed by atoms with Gasteiger partial charge in [0.25, 0.3) is 5.91 Å². The molecule has 4 saturated carbocycles. The van der Waals surface area contributed by atoms with Gasteiger partial charge in [0.05, 0.1) is 4.88 Å². The second kappa shape index (κ2) is 7.64. The van der Waals surface area contributed by atoms with Crippen LogP contribution in [-0.2, 0) is 6.61 Å². The summed E-state index contributed by atoms with van der Waals surface area (Å²) in [5, 5.41) is 5.52. The summed E-state index contributed by atoms with van der Waals surface area (Å²) < 4.78 is 6.03. The van der Waals surface area contributed by atoms with Gasteiger partial charge in [-0.2, -0.15) is 0 Å². The lowest BCUT2D eigenvalue weighted by atomic mass is 9.53. The lowest BCUT2D eigenvalue weighted by Crippen LogP contribution is -2.59. The summed E-state index contributed by atoms with van der Waals surface area (Å²) in [5.74, 6) is 3.50. The third-order valence-electron chi connectivity index (χ3n) is 6.95. The summed E-state index contributed by atoms with van der Waals surface area (Å²) in [5.41, 5.74) is 2.20. The summed E-state index contributed by atoms with van der Waals surface area (Å²) in [6.45, 7) is 2.49. The van der Waals surface area contributed by atoms with Crippen molar-refractivity contribution in [2.75, 3.05) is 0 Å². The van der Waals surface area contributed by atoms with Crippen molar-refractivity contribution in [2.45, 2.75) is 57.6 Å². The molecule has 0 radical (unpaired) electrons. The van der Waals surface area contributed by atoms with Crippen molar-refractivity contribution in [1.29, 1.82) is 0 Å². The highest BCUT2D eigenvalue weighted by molar-refractivity contribution is 7.12. The van der Waals surface area contributed by atoms with Crippen LogP contribution in [0.25, 0.3) is 6.08 Å². The van der Waals surface area contributed by atoms with Crippen molar-refractivity contribution < 1.29 is 9.53 Å². The first-order chi connectivity index (χ1) is 14.1. The van der Waals surface area contributed by atoms with Crippen LogP contribution in [0.3, 0.4) is 0 Å². The molecular formula is C25H29NO2S. The zero-order chi connectivity index (χ0) is 19.8. The quantitative estimate of drug-likeness (QED) is 0.632. The van der Waals surface area contributed by atoms with Crippen molar-refractivity contribution >= 4 is 23.3 Å². The predicted molar refractivity (Wildman–Crippen MR) is 118 cm³/mol. The number of hydrogen-bond donors (Lipinski definition) is 1. The molecule has 6 rings (SSSR count). The molecule has 0 saturated heterocycles. The van der Waals surface area contributed by atoms with E-state index in [1.807, 2.05) is 54.8 Å². The fourth-order valence-electron chi connectivity index (χ4n) is 6.23. The molecule has 1 N–H and O–H groups in total. The number of hydrogen-bond acceptors (Lipinski definition) is 3. The molecule has 0 spiro atoms. The van der Waals surface area contributed by atoms with Crippen LogP contribution in [0.2, 0.25) is 0 Å². The number of amides is 1. The van der Waals surface area contributed by atoms with Crippen LogP contribution in [0, 0.1) is 17.8 Å². The standard InChI is InChI=1S/C25H29NO2S/c1-2-5-21-6-3-4-7-22(21)28-15-20-11-23(29-16-20)24(27)26-25-12-17-8-18(13-25)10-19(9-17)14-25/h2-7,11,16-19H,8-10,12-15H2,1H3,(H,26,27)/b5-2+. The maximum Gasteiger partial charge on any atom is 0.261 e. The van der Waals surface area contributed by atoms with Crippen molar-refractivity contribution in [3.63, 3.8) is 0 Å². The third kappa shape index (κ3) is 3.87. The number of carbonyl (C=O) groups is 1. The molecule has 29 heavy (non-hydrogen) atoms. The molecule has 4 aliphatic rings. The van der Waals surface area contributed by atoms with E-state index in [-0.39, 0.29) is 11.4 Å². The Hall–Kier alpha value is -2.07. The van der Waals surface area contributed by atoms with E-state index in [9.17, 15) is 4.79 Å². The minimum absolute atomic E-state index is 0.0674. The van der Waals surface area contributed by atoms with Crippen LogP contribution >= 0.6 is 11.3 Å². The summed E-state index contributed by atoms with van der Waals surface area (Å²) in [7, 11) is 0. The van der Waals surface area contributed by atoms with Gasteiger partial charge in [0.15, 0.2) is 0 Å². The molecule has 4 heteroatoms. The van der Waals surface area contributed by atoms with Gasteiger partial charge in [-0.05, 0) is 80.7 Å². The number of thiophene rings is 1. The second-order valence-electron chi connectivity index (χ2n) is 9.30. The molecule has 3 nitrogen and oxygen atoms in total. The van der Waals surface area contributed by atoms with Gasteiger partial charge in [0.2, 0.25) is 0 Å². The van der Waals surface area contributed by atoms with Crippen LogP contribution in [0.5, 0.6) is 5.75 Å². The van der Waals surface area contributed by atoms with Gasteiger partial charge in [-0.3, -0.25) is 4.79 Å².